The molecule has 2 unspecified atom stereocenters. The van der Waals surface area contributed by atoms with E-state index in [0.29, 0.717) is 15.6 Å². The molecule has 7 rings (SSSR count). The maximum atomic E-state index is 14.0. The number of carbonyl (C=O) groups is 2. The monoisotopic (exact) mass is 517 g/mol. The molecule has 0 N–H and O–H groups in total. The van der Waals surface area contributed by atoms with Crippen LogP contribution in [0.5, 0.6) is 0 Å². The summed E-state index contributed by atoms with van der Waals surface area (Å²) < 4.78 is 29.8. The molecule has 0 saturated carbocycles. The highest BCUT2D eigenvalue weighted by molar-refractivity contribution is 8.48. The first-order chi connectivity index (χ1) is 15.6. The van der Waals surface area contributed by atoms with Crippen LogP contribution in [0.2, 0.25) is 0 Å². The number of thioether (sulfide) groups is 2. The Labute approximate surface area is 205 Å². The molecule has 5 aliphatic heterocycles. The van der Waals surface area contributed by atoms with Crippen LogP contribution in [0.15, 0.2) is 59.5 Å². The fourth-order valence-electron chi connectivity index (χ4n) is 5.42. The SMILES string of the molecule is CN1C(=O)C23CC4c5ccccc5N(S(=O)(=O)c5ccccc5)[C@@H]4N2C(=O)[C@@]1(C)SC(=S)S3. The Morgan fingerprint density at radius 1 is 1.00 bits per heavy atom. The second-order valence-electron chi connectivity index (χ2n) is 8.66. The molecule has 2 amide bonds. The molecule has 0 aromatic heterocycles. The molecule has 2 bridgehead atoms. The van der Waals surface area contributed by atoms with Crippen molar-refractivity contribution in [2.24, 2.45) is 0 Å². The van der Waals surface area contributed by atoms with E-state index in [9.17, 15) is 18.0 Å². The Morgan fingerprint density at radius 3 is 2.39 bits per heavy atom. The third-order valence-electron chi connectivity index (χ3n) is 7.05. The van der Waals surface area contributed by atoms with Crippen LogP contribution in [0, 0.1) is 0 Å². The van der Waals surface area contributed by atoms with Gasteiger partial charge in [-0.1, -0.05) is 72.1 Å². The van der Waals surface area contributed by atoms with Crippen LogP contribution in [0.25, 0.3) is 0 Å². The van der Waals surface area contributed by atoms with Gasteiger partial charge in [0.25, 0.3) is 21.8 Å². The van der Waals surface area contributed by atoms with Crippen LogP contribution >= 0.6 is 35.7 Å². The lowest BCUT2D eigenvalue weighted by atomic mass is 9.95. The average Bonchev–Trinajstić information content (AvgIpc) is 3.24. The normalized spacial score (nSPS) is 32.7. The van der Waals surface area contributed by atoms with Gasteiger partial charge in [0.05, 0.1) is 10.6 Å². The van der Waals surface area contributed by atoms with Crippen molar-refractivity contribution in [3.63, 3.8) is 0 Å². The number of para-hydroxylation sites is 1. The van der Waals surface area contributed by atoms with Gasteiger partial charge in [-0.2, -0.15) is 0 Å². The van der Waals surface area contributed by atoms with Gasteiger partial charge in [0, 0.05) is 19.4 Å². The van der Waals surface area contributed by atoms with Crippen molar-refractivity contribution < 1.29 is 18.0 Å². The summed E-state index contributed by atoms with van der Waals surface area (Å²) in [7, 11) is -2.38. The number of anilines is 1. The van der Waals surface area contributed by atoms with Crippen LogP contribution in [-0.2, 0) is 19.6 Å². The van der Waals surface area contributed by atoms with Crippen molar-refractivity contribution in [1.82, 2.24) is 9.80 Å². The van der Waals surface area contributed by atoms with Gasteiger partial charge in [-0.25, -0.2) is 12.7 Å². The van der Waals surface area contributed by atoms with Crippen molar-refractivity contribution in [2.45, 2.75) is 40.1 Å². The minimum absolute atomic E-state index is 0.140. The summed E-state index contributed by atoms with van der Waals surface area (Å²) in [5, 5.41) is 0. The topological polar surface area (TPSA) is 78.0 Å². The van der Waals surface area contributed by atoms with E-state index in [4.69, 9.17) is 12.2 Å². The standard InChI is InChI=1S/C22H19N3O4S4/c1-21-18(26)24-17-15(12-22(24,19(27)23(21)2)32-20(30)31-21)14-10-6-7-11-16(14)25(17)33(28,29)13-8-4-3-5-9-13/h3-11,15,17H,12H2,1-2H3/t15?,17-,21+,22?/m0/s1. The Balaban J connectivity index is 1.61. The van der Waals surface area contributed by atoms with E-state index in [1.807, 2.05) is 12.1 Å². The molecule has 4 fully saturated rings. The zero-order valence-electron chi connectivity index (χ0n) is 17.7. The lowest BCUT2D eigenvalue weighted by Gasteiger charge is -2.50. The fourth-order valence-corrected chi connectivity index (χ4v) is 10.8. The summed E-state index contributed by atoms with van der Waals surface area (Å²) >= 11 is 7.96. The molecule has 0 radical (unpaired) electrons. The number of benzene rings is 2. The highest BCUT2D eigenvalue weighted by Gasteiger charge is 2.73. The summed E-state index contributed by atoms with van der Waals surface area (Å²) in [5.74, 6) is -0.858. The second kappa shape index (κ2) is 6.74. The Hall–Kier alpha value is -2.08. The van der Waals surface area contributed by atoms with Crippen LogP contribution < -0.4 is 4.31 Å². The molecule has 2 aromatic carbocycles. The van der Waals surface area contributed by atoms with Crippen LogP contribution in [0.1, 0.15) is 24.8 Å². The quantitative estimate of drug-likeness (QED) is 0.566. The maximum absolute atomic E-state index is 14.0. The predicted octanol–water partition coefficient (Wildman–Crippen LogP) is 3.19. The summed E-state index contributed by atoms with van der Waals surface area (Å²) in [6, 6.07) is 15.5. The summed E-state index contributed by atoms with van der Waals surface area (Å²) in [6.45, 7) is 1.69. The van der Waals surface area contributed by atoms with Crippen molar-refractivity contribution in [1.29, 1.82) is 0 Å². The van der Waals surface area contributed by atoms with Gasteiger partial charge in [-0.15, -0.1) is 0 Å². The Kier molecular flexibility index (Phi) is 4.38. The molecule has 5 aliphatic rings. The molecule has 4 saturated heterocycles. The van der Waals surface area contributed by atoms with Crippen LogP contribution in [-0.4, -0.2) is 56.5 Å². The van der Waals surface area contributed by atoms with Crippen molar-refractivity contribution in [2.75, 3.05) is 11.4 Å². The van der Waals surface area contributed by atoms with Gasteiger partial charge in [0.15, 0.2) is 9.74 Å². The number of hydrogen-bond acceptors (Lipinski definition) is 7. The lowest BCUT2D eigenvalue weighted by molar-refractivity contribution is -0.162. The Morgan fingerprint density at radius 2 is 1.67 bits per heavy atom. The molecule has 5 heterocycles. The van der Waals surface area contributed by atoms with Gasteiger partial charge in [0.1, 0.15) is 9.69 Å². The zero-order chi connectivity index (χ0) is 23.3. The largest absolute Gasteiger partial charge is 0.320 e. The molecule has 1 spiro atoms. The van der Waals surface area contributed by atoms with E-state index in [0.717, 1.165) is 5.56 Å². The average molecular weight is 518 g/mol. The first kappa shape index (κ1) is 21.5. The fraction of sp³-hybridized carbons (Fsp3) is 0.318. The molecular weight excluding hydrogens is 499 g/mol. The van der Waals surface area contributed by atoms with Gasteiger partial charge < -0.3 is 4.90 Å². The number of amides is 2. The summed E-state index contributed by atoms with van der Waals surface area (Å²) in [5.41, 5.74) is 1.37. The van der Waals surface area contributed by atoms with E-state index < -0.39 is 25.9 Å². The van der Waals surface area contributed by atoms with Crippen molar-refractivity contribution in [3.8, 4) is 0 Å². The third kappa shape index (κ3) is 2.53. The number of piperazine rings is 1. The molecular formula is C22H19N3O4S4. The number of likely N-dealkylation sites (N-methyl/N-ethyl adjacent to an activating group) is 1. The summed E-state index contributed by atoms with van der Waals surface area (Å²) in [6.07, 6.45) is -0.544. The number of carbonyl (C=O) groups excluding carboxylic acids is 2. The van der Waals surface area contributed by atoms with Gasteiger partial charge >= 0.3 is 0 Å². The van der Waals surface area contributed by atoms with Crippen molar-refractivity contribution >= 4 is 66.8 Å². The number of sulfonamides is 1. The predicted molar refractivity (Wildman–Crippen MR) is 132 cm³/mol. The Bertz CT molecular complexity index is 1350. The zero-order valence-corrected chi connectivity index (χ0v) is 20.9. The lowest BCUT2D eigenvalue weighted by Crippen LogP contribution is -2.72. The minimum atomic E-state index is -4.01. The molecule has 4 atom stereocenters. The highest BCUT2D eigenvalue weighted by Crippen LogP contribution is 2.64. The van der Waals surface area contributed by atoms with Crippen LogP contribution in [0.4, 0.5) is 5.69 Å². The molecule has 170 valence electrons. The first-order valence-corrected chi connectivity index (χ1v) is 13.8. The maximum Gasteiger partial charge on any atom is 0.266 e. The van der Waals surface area contributed by atoms with Gasteiger partial charge in [0.2, 0.25) is 0 Å². The third-order valence-corrected chi connectivity index (χ3v) is 11.9. The molecule has 7 nitrogen and oxygen atoms in total. The number of thiocarbonyl (C=S) groups is 1. The summed E-state index contributed by atoms with van der Waals surface area (Å²) in [4.78, 5) is 28.4. The second-order valence-corrected chi connectivity index (χ2v) is 14.4. The van der Waals surface area contributed by atoms with E-state index in [1.165, 1.54) is 37.6 Å². The van der Waals surface area contributed by atoms with Gasteiger partial charge in [-0.05, 0) is 30.7 Å². The smallest absolute Gasteiger partial charge is 0.266 e. The first-order valence-electron chi connectivity index (χ1n) is 10.4. The van der Waals surface area contributed by atoms with E-state index >= 15 is 0 Å². The van der Waals surface area contributed by atoms with E-state index in [1.54, 1.807) is 56.4 Å². The number of fused-ring (bicyclic) bond motifs is 6. The molecule has 2 aromatic rings. The van der Waals surface area contributed by atoms with E-state index in [-0.39, 0.29) is 22.6 Å². The molecule has 33 heavy (non-hydrogen) atoms. The molecule has 0 aliphatic carbocycles. The number of nitrogens with zero attached hydrogens (tertiary/aromatic N) is 3. The highest BCUT2D eigenvalue weighted by atomic mass is 32.2. The number of hydrogen-bond donors (Lipinski definition) is 0. The van der Waals surface area contributed by atoms with Crippen LogP contribution in [0.3, 0.4) is 0 Å². The van der Waals surface area contributed by atoms with Crippen molar-refractivity contribution in [3.05, 3.63) is 60.2 Å². The minimum Gasteiger partial charge on any atom is -0.320 e. The number of rotatable bonds is 2. The van der Waals surface area contributed by atoms with Gasteiger partial charge in [-0.3, -0.25) is 14.5 Å². The molecule has 11 heteroatoms. The van der Waals surface area contributed by atoms with E-state index in [2.05, 4.69) is 0 Å².